The van der Waals surface area contributed by atoms with Crippen molar-refractivity contribution in [1.29, 1.82) is 0 Å². The van der Waals surface area contributed by atoms with E-state index in [9.17, 15) is 0 Å². The minimum absolute atomic E-state index is 0.424. The molecule has 0 bridgehead atoms. The van der Waals surface area contributed by atoms with Crippen LogP contribution in [-0.4, -0.2) is 19.6 Å². The molecule has 0 unspecified atom stereocenters. The van der Waals surface area contributed by atoms with E-state index < -0.39 is 0 Å². The normalized spacial score (nSPS) is 11.1. The smallest absolute Gasteiger partial charge is 0.169 e. The van der Waals surface area contributed by atoms with Crippen LogP contribution in [0.25, 0.3) is 17.0 Å². The zero-order valence-electron chi connectivity index (χ0n) is 9.43. The predicted octanol–water partition coefficient (Wildman–Crippen LogP) is 3.52. The standard InChI is InChI=1S/C12H8BrClN4/c1-7-15-10(14)6-11-16-17-12(18(7)11)8-3-2-4-9(13)5-8/h2-6H,1H3. The highest BCUT2D eigenvalue weighted by atomic mass is 79.9. The molecule has 90 valence electrons. The number of halogens is 2. The Morgan fingerprint density at radius 1 is 1.22 bits per heavy atom. The molecular weight excluding hydrogens is 316 g/mol. The first-order valence-corrected chi connectivity index (χ1v) is 6.46. The Morgan fingerprint density at radius 2 is 2.06 bits per heavy atom. The molecule has 0 fully saturated rings. The Balaban J connectivity index is 2.31. The second-order valence-electron chi connectivity index (χ2n) is 3.85. The van der Waals surface area contributed by atoms with Crippen LogP contribution >= 0.6 is 27.5 Å². The summed E-state index contributed by atoms with van der Waals surface area (Å²) in [7, 11) is 0. The van der Waals surface area contributed by atoms with Gasteiger partial charge >= 0.3 is 0 Å². The van der Waals surface area contributed by atoms with Gasteiger partial charge in [-0.1, -0.05) is 39.7 Å². The van der Waals surface area contributed by atoms with Crippen LogP contribution < -0.4 is 0 Å². The van der Waals surface area contributed by atoms with Gasteiger partial charge in [0.05, 0.1) is 0 Å². The molecule has 0 amide bonds. The lowest BCUT2D eigenvalue weighted by atomic mass is 10.2. The summed E-state index contributed by atoms with van der Waals surface area (Å²) in [5, 5.41) is 8.75. The Hall–Kier alpha value is -1.46. The Bertz CT molecular complexity index is 738. The lowest BCUT2D eigenvalue weighted by Crippen LogP contribution is -1.97. The highest BCUT2D eigenvalue weighted by Crippen LogP contribution is 2.23. The molecule has 2 aromatic heterocycles. The van der Waals surface area contributed by atoms with Crippen molar-refractivity contribution in [2.75, 3.05) is 0 Å². The van der Waals surface area contributed by atoms with E-state index in [4.69, 9.17) is 11.6 Å². The first kappa shape index (κ1) is 11.6. The Morgan fingerprint density at radius 3 is 2.83 bits per heavy atom. The third-order valence-electron chi connectivity index (χ3n) is 2.61. The largest absolute Gasteiger partial charge is 0.263 e. The number of aryl methyl sites for hydroxylation is 1. The van der Waals surface area contributed by atoms with E-state index in [1.807, 2.05) is 35.6 Å². The molecule has 0 N–H and O–H groups in total. The average molecular weight is 324 g/mol. The molecule has 0 saturated carbocycles. The van der Waals surface area contributed by atoms with Crippen LogP contribution in [-0.2, 0) is 0 Å². The molecule has 3 rings (SSSR count). The predicted molar refractivity (Wildman–Crippen MR) is 73.7 cm³/mol. The van der Waals surface area contributed by atoms with Crippen LogP contribution in [0.3, 0.4) is 0 Å². The first-order chi connectivity index (χ1) is 8.65. The summed E-state index contributed by atoms with van der Waals surface area (Å²) >= 11 is 9.35. The van der Waals surface area contributed by atoms with Gasteiger partial charge < -0.3 is 0 Å². The SMILES string of the molecule is Cc1nc(Cl)cc2nnc(-c3cccc(Br)c3)n12. The number of rotatable bonds is 1. The van der Waals surface area contributed by atoms with E-state index in [1.54, 1.807) is 6.07 Å². The topological polar surface area (TPSA) is 43.1 Å². The van der Waals surface area contributed by atoms with E-state index in [2.05, 4.69) is 31.1 Å². The molecule has 0 aliphatic carbocycles. The van der Waals surface area contributed by atoms with Gasteiger partial charge in [-0.3, -0.25) is 4.40 Å². The molecule has 0 saturated heterocycles. The number of hydrogen-bond donors (Lipinski definition) is 0. The van der Waals surface area contributed by atoms with Crippen LogP contribution in [0.1, 0.15) is 5.82 Å². The zero-order valence-corrected chi connectivity index (χ0v) is 11.8. The fourth-order valence-corrected chi connectivity index (χ4v) is 2.49. The lowest BCUT2D eigenvalue weighted by molar-refractivity contribution is 0.988. The van der Waals surface area contributed by atoms with Crippen LogP contribution in [0.2, 0.25) is 5.15 Å². The Kier molecular flexibility index (Phi) is 2.80. The summed E-state index contributed by atoms with van der Waals surface area (Å²) in [4.78, 5) is 4.22. The fourth-order valence-electron chi connectivity index (χ4n) is 1.87. The highest BCUT2D eigenvalue weighted by molar-refractivity contribution is 9.10. The molecule has 0 spiro atoms. The summed E-state index contributed by atoms with van der Waals surface area (Å²) in [5.74, 6) is 1.52. The summed E-state index contributed by atoms with van der Waals surface area (Å²) in [6.07, 6.45) is 0. The van der Waals surface area contributed by atoms with Crippen molar-refractivity contribution in [3.8, 4) is 11.4 Å². The summed E-state index contributed by atoms with van der Waals surface area (Å²) < 4.78 is 2.88. The number of aromatic nitrogens is 4. The van der Waals surface area contributed by atoms with Crippen molar-refractivity contribution in [2.45, 2.75) is 6.92 Å². The monoisotopic (exact) mass is 322 g/mol. The first-order valence-electron chi connectivity index (χ1n) is 5.29. The van der Waals surface area contributed by atoms with Gasteiger partial charge in [0, 0.05) is 16.1 Å². The number of fused-ring (bicyclic) bond motifs is 1. The van der Waals surface area contributed by atoms with E-state index >= 15 is 0 Å². The molecule has 0 radical (unpaired) electrons. The van der Waals surface area contributed by atoms with Crippen molar-refractivity contribution in [2.24, 2.45) is 0 Å². The van der Waals surface area contributed by atoms with Crippen molar-refractivity contribution in [3.63, 3.8) is 0 Å². The van der Waals surface area contributed by atoms with E-state index in [0.717, 1.165) is 21.7 Å². The maximum absolute atomic E-state index is 5.90. The molecule has 2 heterocycles. The van der Waals surface area contributed by atoms with E-state index in [0.29, 0.717) is 10.8 Å². The minimum Gasteiger partial charge on any atom is -0.263 e. The van der Waals surface area contributed by atoms with Gasteiger partial charge in [-0.25, -0.2) is 4.98 Å². The van der Waals surface area contributed by atoms with Crippen molar-refractivity contribution < 1.29 is 0 Å². The van der Waals surface area contributed by atoms with Crippen molar-refractivity contribution in [1.82, 2.24) is 19.6 Å². The van der Waals surface area contributed by atoms with E-state index in [1.165, 1.54) is 0 Å². The maximum atomic E-state index is 5.90. The summed E-state index contributed by atoms with van der Waals surface area (Å²) in [6.45, 7) is 1.88. The third kappa shape index (κ3) is 1.89. The molecule has 1 aromatic carbocycles. The Labute approximate surface area is 117 Å². The van der Waals surface area contributed by atoms with Gasteiger partial charge in [-0.15, -0.1) is 10.2 Å². The van der Waals surface area contributed by atoms with Gasteiger partial charge in [-0.05, 0) is 19.1 Å². The lowest BCUT2D eigenvalue weighted by Gasteiger charge is -2.03. The number of nitrogens with zero attached hydrogens (tertiary/aromatic N) is 4. The fraction of sp³-hybridized carbons (Fsp3) is 0.0833. The van der Waals surface area contributed by atoms with Crippen molar-refractivity contribution >= 4 is 33.2 Å². The molecule has 4 nitrogen and oxygen atoms in total. The van der Waals surface area contributed by atoms with Gasteiger partial charge in [-0.2, -0.15) is 0 Å². The number of benzene rings is 1. The van der Waals surface area contributed by atoms with E-state index in [-0.39, 0.29) is 0 Å². The molecule has 0 atom stereocenters. The molecular formula is C12H8BrClN4. The summed E-state index contributed by atoms with van der Waals surface area (Å²) in [6, 6.07) is 9.59. The molecule has 3 aromatic rings. The van der Waals surface area contributed by atoms with Gasteiger partial charge in [0.1, 0.15) is 11.0 Å². The molecule has 18 heavy (non-hydrogen) atoms. The minimum atomic E-state index is 0.424. The van der Waals surface area contributed by atoms with Crippen molar-refractivity contribution in [3.05, 3.63) is 45.8 Å². The van der Waals surface area contributed by atoms with Crippen LogP contribution in [0.15, 0.2) is 34.8 Å². The second-order valence-corrected chi connectivity index (χ2v) is 5.16. The van der Waals surface area contributed by atoms with Crippen LogP contribution in [0.5, 0.6) is 0 Å². The quantitative estimate of drug-likeness (QED) is 0.644. The molecule has 0 aliphatic heterocycles. The van der Waals surface area contributed by atoms with Crippen LogP contribution in [0.4, 0.5) is 0 Å². The molecule has 6 heteroatoms. The highest BCUT2D eigenvalue weighted by Gasteiger charge is 2.11. The molecule has 0 aliphatic rings. The summed E-state index contributed by atoms with van der Waals surface area (Å²) in [5.41, 5.74) is 1.67. The average Bonchev–Trinajstić information content (AvgIpc) is 2.72. The van der Waals surface area contributed by atoms with Gasteiger partial charge in [0.2, 0.25) is 0 Å². The van der Waals surface area contributed by atoms with Crippen LogP contribution in [0, 0.1) is 6.92 Å². The van der Waals surface area contributed by atoms with Gasteiger partial charge in [0.25, 0.3) is 0 Å². The van der Waals surface area contributed by atoms with Gasteiger partial charge in [0.15, 0.2) is 11.5 Å². The third-order valence-corrected chi connectivity index (χ3v) is 3.30. The zero-order chi connectivity index (χ0) is 12.7. The number of hydrogen-bond acceptors (Lipinski definition) is 3. The second kappa shape index (κ2) is 4.33. The maximum Gasteiger partial charge on any atom is 0.169 e.